The Bertz CT molecular complexity index is 878. The van der Waals surface area contributed by atoms with E-state index in [-0.39, 0.29) is 35.7 Å². The van der Waals surface area contributed by atoms with Gasteiger partial charge in [0.15, 0.2) is 11.5 Å². The van der Waals surface area contributed by atoms with Gasteiger partial charge in [-0.15, -0.1) is 0 Å². The van der Waals surface area contributed by atoms with Crippen LogP contribution >= 0.6 is 0 Å². The number of sulfonamides is 1. The number of benzene rings is 1. The summed E-state index contributed by atoms with van der Waals surface area (Å²) in [6.07, 6.45) is 1.22. The average molecular weight is 457 g/mol. The number of piperidine rings is 1. The van der Waals surface area contributed by atoms with Crippen molar-refractivity contribution in [3.8, 4) is 11.5 Å². The van der Waals surface area contributed by atoms with Crippen LogP contribution in [0.15, 0.2) is 23.1 Å². The maximum atomic E-state index is 13.0. The Balaban J connectivity index is 2.04. The molecule has 1 atom stereocenters. The molecule has 1 saturated heterocycles. The molecule has 1 aliphatic rings. The van der Waals surface area contributed by atoms with Crippen LogP contribution in [0.2, 0.25) is 0 Å². The molecule has 0 bridgehead atoms. The molecule has 1 fully saturated rings. The first-order chi connectivity index (χ1) is 14.6. The second-order valence-corrected chi connectivity index (χ2v) is 9.85. The first-order valence-corrected chi connectivity index (χ1v) is 11.7. The minimum atomic E-state index is -3.73. The predicted molar refractivity (Wildman–Crippen MR) is 114 cm³/mol. The van der Waals surface area contributed by atoms with Crippen LogP contribution in [0.1, 0.15) is 33.1 Å². The van der Waals surface area contributed by atoms with E-state index in [0.29, 0.717) is 30.8 Å². The zero-order valence-corrected chi connectivity index (χ0v) is 19.5. The fraction of sp³-hybridized carbons (Fsp3) is 0.619. The molecule has 0 spiro atoms. The Morgan fingerprint density at radius 2 is 1.71 bits per heavy atom. The third-order valence-electron chi connectivity index (χ3n) is 5.33. The molecule has 10 heteroatoms. The second-order valence-electron chi connectivity index (χ2n) is 7.91. The largest absolute Gasteiger partial charge is 0.493 e. The normalized spacial score (nSPS) is 16.6. The average Bonchev–Trinajstić information content (AvgIpc) is 2.77. The Labute approximate surface area is 184 Å². The third kappa shape index (κ3) is 6.10. The molecule has 1 aromatic carbocycles. The van der Waals surface area contributed by atoms with E-state index in [1.54, 1.807) is 6.07 Å². The molecule has 1 N–H and O–H groups in total. The van der Waals surface area contributed by atoms with E-state index in [1.165, 1.54) is 37.8 Å². The van der Waals surface area contributed by atoms with Crippen LogP contribution in [0.5, 0.6) is 11.5 Å². The number of hydrogen-bond acceptors (Lipinski definition) is 7. The van der Waals surface area contributed by atoms with E-state index >= 15 is 0 Å². The molecule has 9 nitrogen and oxygen atoms in total. The zero-order valence-electron chi connectivity index (χ0n) is 18.7. The van der Waals surface area contributed by atoms with Crippen LogP contribution in [0.25, 0.3) is 0 Å². The summed E-state index contributed by atoms with van der Waals surface area (Å²) < 4.78 is 42.6. The van der Waals surface area contributed by atoms with Gasteiger partial charge in [0.2, 0.25) is 15.9 Å². The first-order valence-electron chi connectivity index (χ1n) is 10.2. The van der Waals surface area contributed by atoms with E-state index in [1.807, 2.05) is 13.8 Å². The summed E-state index contributed by atoms with van der Waals surface area (Å²) in [7, 11) is 0.481. The number of rotatable bonds is 9. The van der Waals surface area contributed by atoms with Crippen molar-refractivity contribution in [1.29, 1.82) is 0 Å². The topological polar surface area (TPSA) is 111 Å². The molecule has 0 radical (unpaired) electrons. The predicted octanol–water partition coefficient (Wildman–Crippen LogP) is 1.81. The lowest BCUT2D eigenvalue weighted by Crippen LogP contribution is -2.48. The third-order valence-corrected chi connectivity index (χ3v) is 7.22. The number of hydrogen-bond donors (Lipinski definition) is 1. The number of carbonyl (C=O) groups excluding carboxylic acids is 2. The van der Waals surface area contributed by atoms with Gasteiger partial charge in [-0.05, 0) is 37.3 Å². The van der Waals surface area contributed by atoms with Gasteiger partial charge in [0.1, 0.15) is 6.04 Å². The van der Waals surface area contributed by atoms with Crippen molar-refractivity contribution in [1.82, 2.24) is 9.62 Å². The molecule has 0 saturated carbocycles. The van der Waals surface area contributed by atoms with Gasteiger partial charge in [-0.3, -0.25) is 4.79 Å². The molecule has 31 heavy (non-hydrogen) atoms. The minimum absolute atomic E-state index is 0.107. The van der Waals surface area contributed by atoms with E-state index in [9.17, 15) is 18.0 Å². The lowest BCUT2D eigenvalue weighted by Gasteiger charge is -2.31. The van der Waals surface area contributed by atoms with Crippen molar-refractivity contribution >= 4 is 21.9 Å². The zero-order chi connectivity index (χ0) is 23.2. The summed E-state index contributed by atoms with van der Waals surface area (Å²) >= 11 is 0. The van der Waals surface area contributed by atoms with Gasteiger partial charge in [-0.25, -0.2) is 13.2 Å². The highest BCUT2D eigenvalue weighted by atomic mass is 32.2. The van der Waals surface area contributed by atoms with Gasteiger partial charge in [0.05, 0.1) is 26.2 Å². The molecule has 1 amide bonds. The first kappa shape index (κ1) is 24.9. The van der Waals surface area contributed by atoms with Crippen LogP contribution in [-0.4, -0.2) is 65.1 Å². The molecule has 0 aromatic heterocycles. The smallest absolute Gasteiger partial charge is 0.328 e. The molecule has 1 aromatic rings. The fourth-order valence-electron chi connectivity index (χ4n) is 3.60. The molecule has 1 unspecified atom stereocenters. The molecule has 1 aliphatic heterocycles. The van der Waals surface area contributed by atoms with E-state index in [2.05, 4.69) is 5.32 Å². The highest BCUT2D eigenvalue weighted by Gasteiger charge is 2.34. The van der Waals surface area contributed by atoms with Crippen LogP contribution in [-0.2, 0) is 24.3 Å². The van der Waals surface area contributed by atoms with Crippen LogP contribution in [0.3, 0.4) is 0 Å². The minimum Gasteiger partial charge on any atom is -0.493 e. The molecular weight excluding hydrogens is 424 g/mol. The number of nitrogens with zero attached hydrogens (tertiary/aromatic N) is 1. The SMILES string of the molecule is COC(=O)C(CC(C)C)NC(=O)C1CCN(S(=O)(=O)c2ccc(OC)c(OC)c2)CC1. The van der Waals surface area contributed by atoms with Crippen molar-refractivity contribution in [2.45, 2.75) is 44.0 Å². The summed E-state index contributed by atoms with van der Waals surface area (Å²) in [5.74, 6) is -0.112. The monoisotopic (exact) mass is 456 g/mol. The van der Waals surface area contributed by atoms with Gasteiger partial charge in [-0.1, -0.05) is 13.8 Å². The van der Waals surface area contributed by atoms with E-state index in [4.69, 9.17) is 14.2 Å². The number of esters is 1. The van der Waals surface area contributed by atoms with Gasteiger partial charge >= 0.3 is 5.97 Å². The molecular formula is C21H32N2O7S. The summed E-state index contributed by atoms with van der Waals surface area (Å²) in [6.45, 7) is 4.34. The second kappa shape index (κ2) is 10.8. The van der Waals surface area contributed by atoms with Crippen molar-refractivity contribution < 1.29 is 32.2 Å². The number of nitrogens with one attached hydrogen (secondary N) is 1. The van der Waals surface area contributed by atoms with Crippen LogP contribution in [0.4, 0.5) is 0 Å². The van der Waals surface area contributed by atoms with E-state index < -0.39 is 22.0 Å². The maximum absolute atomic E-state index is 13.0. The summed E-state index contributed by atoms with van der Waals surface area (Å²) in [6, 6.07) is 3.75. The van der Waals surface area contributed by atoms with Crippen LogP contribution in [0, 0.1) is 11.8 Å². The van der Waals surface area contributed by atoms with Crippen LogP contribution < -0.4 is 14.8 Å². The van der Waals surface area contributed by atoms with Gasteiger partial charge in [0.25, 0.3) is 0 Å². The Morgan fingerprint density at radius 3 is 2.23 bits per heavy atom. The summed E-state index contributed by atoms with van der Waals surface area (Å²) in [5, 5.41) is 2.77. The standard InChI is InChI=1S/C21H32N2O7S/c1-14(2)12-17(21(25)30-5)22-20(24)15-8-10-23(11-9-15)31(26,27)16-6-7-18(28-3)19(13-16)29-4/h6-7,13-15,17H,8-12H2,1-5H3,(H,22,24). The van der Waals surface area contributed by atoms with Crippen molar-refractivity contribution in [3.05, 3.63) is 18.2 Å². The summed E-state index contributed by atoms with van der Waals surface area (Å²) in [4.78, 5) is 24.7. The fourth-order valence-corrected chi connectivity index (χ4v) is 5.09. The lowest BCUT2D eigenvalue weighted by atomic mass is 9.96. The summed E-state index contributed by atoms with van der Waals surface area (Å²) in [5.41, 5.74) is 0. The maximum Gasteiger partial charge on any atom is 0.328 e. The van der Waals surface area contributed by atoms with Crippen molar-refractivity contribution in [3.63, 3.8) is 0 Å². The van der Waals surface area contributed by atoms with Crippen molar-refractivity contribution in [2.24, 2.45) is 11.8 Å². The highest BCUT2D eigenvalue weighted by molar-refractivity contribution is 7.89. The lowest BCUT2D eigenvalue weighted by molar-refractivity contribution is -0.146. The molecule has 1 heterocycles. The Kier molecular flexibility index (Phi) is 8.69. The van der Waals surface area contributed by atoms with Gasteiger partial charge < -0.3 is 19.5 Å². The molecule has 174 valence electrons. The number of methoxy groups -OCH3 is 3. The molecule has 0 aliphatic carbocycles. The van der Waals surface area contributed by atoms with E-state index in [0.717, 1.165) is 0 Å². The van der Waals surface area contributed by atoms with Gasteiger partial charge in [-0.2, -0.15) is 4.31 Å². The number of ether oxygens (including phenoxy) is 3. The Hall–Kier alpha value is -2.33. The number of carbonyl (C=O) groups is 2. The number of amides is 1. The molecule has 2 rings (SSSR count). The highest BCUT2D eigenvalue weighted by Crippen LogP contribution is 2.32. The Morgan fingerprint density at radius 1 is 1.10 bits per heavy atom. The van der Waals surface area contributed by atoms with Crippen molar-refractivity contribution in [2.75, 3.05) is 34.4 Å². The quantitative estimate of drug-likeness (QED) is 0.564. The van der Waals surface area contributed by atoms with Gasteiger partial charge in [0, 0.05) is 25.1 Å².